The molecule has 0 atom stereocenters. The van der Waals surface area contributed by atoms with Crippen molar-refractivity contribution < 1.29 is 14.3 Å². The van der Waals surface area contributed by atoms with Crippen molar-refractivity contribution in [3.8, 4) is 0 Å². The number of hydrogen-bond acceptors (Lipinski definition) is 4. The molecule has 0 spiro atoms. The van der Waals surface area contributed by atoms with Crippen LogP contribution in [0.15, 0.2) is 6.33 Å². The molecule has 18 heavy (non-hydrogen) atoms. The topological polar surface area (TPSA) is 66.3 Å². The van der Waals surface area contributed by atoms with Crippen LogP contribution in [0, 0.1) is 11.7 Å². The summed E-state index contributed by atoms with van der Waals surface area (Å²) >= 11 is 0. The van der Waals surface area contributed by atoms with Gasteiger partial charge in [0.2, 0.25) is 0 Å². The number of aliphatic carboxylic acids is 1. The van der Waals surface area contributed by atoms with E-state index in [9.17, 15) is 9.18 Å². The smallest absolute Gasteiger partial charge is 0.310 e. The zero-order valence-electron chi connectivity index (χ0n) is 10.6. The molecule has 0 bridgehead atoms. The van der Waals surface area contributed by atoms with Crippen molar-refractivity contribution in [2.45, 2.75) is 26.2 Å². The Morgan fingerprint density at radius 2 is 2.06 bits per heavy atom. The largest absolute Gasteiger partial charge is 0.481 e. The maximum Gasteiger partial charge on any atom is 0.310 e. The predicted octanol–water partition coefficient (Wildman–Crippen LogP) is 1.43. The van der Waals surface area contributed by atoms with Crippen LogP contribution in [0.3, 0.4) is 0 Å². The van der Waals surface area contributed by atoms with Crippen molar-refractivity contribution >= 4 is 11.8 Å². The summed E-state index contributed by atoms with van der Waals surface area (Å²) in [6.07, 6.45) is 1.33. The van der Waals surface area contributed by atoms with E-state index in [2.05, 4.69) is 9.97 Å². The predicted molar refractivity (Wildman–Crippen MR) is 64.0 cm³/mol. The lowest BCUT2D eigenvalue weighted by molar-refractivity contribution is -0.142. The van der Waals surface area contributed by atoms with Crippen LogP contribution in [0.5, 0.6) is 0 Å². The fourth-order valence-electron chi connectivity index (χ4n) is 1.91. The summed E-state index contributed by atoms with van der Waals surface area (Å²) in [6, 6.07) is 0. The maximum absolute atomic E-state index is 14.3. The second-order valence-electron chi connectivity index (χ2n) is 5.55. The molecule has 2 heterocycles. The summed E-state index contributed by atoms with van der Waals surface area (Å²) < 4.78 is 14.3. The van der Waals surface area contributed by atoms with Gasteiger partial charge in [0.05, 0.1) is 11.6 Å². The van der Waals surface area contributed by atoms with Crippen LogP contribution in [-0.2, 0) is 10.2 Å². The van der Waals surface area contributed by atoms with Crippen LogP contribution in [0.4, 0.5) is 10.2 Å². The zero-order chi connectivity index (χ0) is 13.5. The first-order valence-electron chi connectivity index (χ1n) is 5.79. The number of carboxylic acid groups (broad SMARTS) is 1. The SMILES string of the molecule is CC(C)(C)c1ncnc(N2CC(C(=O)O)C2)c1F. The van der Waals surface area contributed by atoms with Gasteiger partial charge in [0, 0.05) is 18.5 Å². The molecule has 0 radical (unpaired) electrons. The van der Waals surface area contributed by atoms with E-state index in [1.807, 2.05) is 20.8 Å². The van der Waals surface area contributed by atoms with E-state index in [0.29, 0.717) is 18.8 Å². The normalized spacial score (nSPS) is 16.6. The highest BCUT2D eigenvalue weighted by atomic mass is 19.1. The van der Waals surface area contributed by atoms with Gasteiger partial charge in [-0.1, -0.05) is 20.8 Å². The molecule has 6 heteroatoms. The molecule has 98 valence electrons. The summed E-state index contributed by atoms with van der Waals surface area (Å²) in [4.78, 5) is 20.2. The minimum Gasteiger partial charge on any atom is -0.481 e. The lowest BCUT2D eigenvalue weighted by Gasteiger charge is -2.38. The summed E-state index contributed by atoms with van der Waals surface area (Å²) in [5, 5.41) is 8.80. The van der Waals surface area contributed by atoms with Crippen molar-refractivity contribution in [2.75, 3.05) is 18.0 Å². The Labute approximate surface area is 105 Å². The third kappa shape index (κ3) is 2.14. The third-order valence-electron chi connectivity index (χ3n) is 3.01. The lowest BCUT2D eigenvalue weighted by atomic mass is 9.91. The van der Waals surface area contributed by atoms with Gasteiger partial charge in [0.1, 0.15) is 6.33 Å². The van der Waals surface area contributed by atoms with E-state index in [-0.39, 0.29) is 5.82 Å². The number of halogens is 1. The number of hydrogen-bond donors (Lipinski definition) is 1. The minimum absolute atomic E-state index is 0.201. The summed E-state index contributed by atoms with van der Waals surface area (Å²) in [6.45, 7) is 6.22. The summed E-state index contributed by atoms with van der Waals surface area (Å²) in [7, 11) is 0. The monoisotopic (exact) mass is 253 g/mol. The molecule has 0 saturated carbocycles. The van der Waals surface area contributed by atoms with E-state index < -0.39 is 23.1 Å². The van der Waals surface area contributed by atoms with Crippen LogP contribution in [0.25, 0.3) is 0 Å². The van der Waals surface area contributed by atoms with Gasteiger partial charge in [0.15, 0.2) is 11.6 Å². The van der Waals surface area contributed by atoms with Crippen LogP contribution in [-0.4, -0.2) is 34.1 Å². The Bertz CT molecular complexity index is 479. The Kier molecular flexibility index (Phi) is 2.96. The van der Waals surface area contributed by atoms with Crippen LogP contribution >= 0.6 is 0 Å². The molecule has 1 aromatic heterocycles. The van der Waals surface area contributed by atoms with Crippen LogP contribution < -0.4 is 4.90 Å². The zero-order valence-corrected chi connectivity index (χ0v) is 10.6. The summed E-state index contributed by atoms with van der Waals surface area (Å²) in [5.41, 5.74) is -0.0509. The molecule has 1 saturated heterocycles. The number of aromatic nitrogens is 2. The summed E-state index contributed by atoms with van der Waals surface area (Å²) in [5.74, 6) is -1.53. The van der Waals surface area contributed by atoms with E-state index in [1.165, 1.54) is 6.33 Å². The molecular weight excluding hydrogens is 237 g/mol. The molecule has 1 fully saturated rings. The van der Waals surface area contributed by atoms with E-state index in [1.54, 1.807) is 4.90 Å². The molecule has 0 aliphatic carbocycles. The first-order chi connectivity index (χ1) is 8.30. The Hall–Kier alpha value is -1.72. The van der Waals surface area contributed by atoms with Crippen molar-refractivity contribution in [3.63, 3.8) is 0 Å². The molecule has 1 aliphatic rings. The van der Waals surface area contributed by atoms with Crippen molar-refractivity contribution in [3.05, 3.63) is 17.8 Å². The van der Waals surface area contributed by atoms with Gasteiger partial charge in [-0.05, 0) is 0 Å². The maximum atomic E-state index is 14.3. The molecule has 0 aromatic carbocycles. The second kappa shape index (κ2) is 4.19. The number of rotatable bonds is 2. The van der Waals surface area contributed by atoms with Crippen molar-refractivity contribution in [1.82, 2.24) is 9.97 Å². The standard InChI is InChI=1S/C12H16FN3O2/c1-12(2,3)9-8(13)10(15-6-14-9)16-4-7(5-16)11(17)18/h6-7H,4-5H2,1-3H3,(H,17,18). The van der Waals surface area contributed by atoms with E-state index in [0.717, 1.165) is 0 Å². The average Bonchev–Trinajstić information content (AvgIpc) is 2.15. The average molecular weight is 253 g/mol. The molecule has 2 rings (SSSR count). The molecule has 1 aromatic rings. The van der Waals surface area contributed by atoms with Gasteiger partial charge in [0.25, 0.3) is 0 Å². The first-order valence-corrected chi connectivity index (χ1v) is 5.79. The van der Waals surface area contributed by atoms with Crippen LogP contribution in [0.1, 0.15) is 26.5 Å². The minimum atomic E-state index is -0.850. The highest BCUT2D eigenvalue weighted by Gasteiger charge is 2.36. The number of anilines is 1. The van der Waals surface area contributed by atoms with Crippen LogP contribution in [0.2, 0.25) is 0 Å². The molecular formula is C12H16FN3O2. The lowest BCUT2D eigenvalue weighted by Crippen LogP contribution is -2.51. The quantitative estimate of drug-likeness (QED) is 0.863. The highest BCUT2D eigenvalue weighted by Crippen LogP contribution is 2.30. The first kappa shape index (κ1) is 12.7. The Morgan fingerprint density at radius 1 is 1.44 bits per heavy atom. The van der Waals surface area contributed by atoms with Crippen molar-refractivity contribution in [1.29, 1.82) is 0 Å². The second-order valence-corrected chi connectivity index (χ2v) is 5.55. The fraction of sp³-hybridized carbons (Fsp3) is 0.583. The Balaban J connectivity index is 2.24. The van der Waals surface area contributed by atoms with Gasteiger partial charge in [-0.25, -0.2) is 14.4 Å². The molecule has 0 amide bonds. The van der Waals surface area contributed by atoms with Gasteiger partial charge in [-0.2, -0.15) is 0 Å². The number of carboxylic acids is 1. The molecule has 5 nitrogen and oxygen atoms in total. The third-order valence-corrected chi connectivity index (χ3v) is 3.01. The fourth-order valence-corrected chi connectivity index (χ4v) is 1.91. The van der Waals surface area contributed by atoms with Gasteiger partial charge in [-0.15, -0.1) is 0 Å². The van der Waals surface area contributed by atoms with Crippen molar-refractivity contribution in [2.24, 2.45) is 5.92 Å². The van der Waals surface area contributed by atoms with Gasteiger partial charge in [-0.3, -0.25) is 4.79 Å². The number of nitrogens with zero attached hydrogens (tertiary/aromatic N) is 3. The number of carbonyl (C=O) groups is 1. The van der Waals surface area contributed by atoms with E-state index in [4.69, 9.17) is 5.11 Å². The van der Waals surface area contributed by atoms with Gasteiger partial charge >= 0.3 is 5.97 Å². The Morgan fingerprint density at radius 3 is 2.56 bits per heavy atom. The molecule has 1 N–H and O–H groups in total. The van der Waals surface area contributed by atoms with E-state index >= 15 is 0 Å². The highest BCUT2D eigenvalue weighted by molar-refractivity contribution is 5.74. The molecule has 0 unspecified atom stereocenters. The van der Waals surface area contributed by atoms with Gasteiger partial charge < -0.3 is 10.0 Å². The molecule has 1 aliphatic heterocycles.